The summed E-state index contributed by atoms with van der Waals surface area (Å²) < 4.78 is 27.1. The minimum atomic E-state index is 0.750. The quantitative estimate of drug-likeness (QED) is 0.166. The number of fused-ring (bicyclic) bond motifs is 15. The van der Waals surface area contributed by atoms with Crippen LogP contribution in [0.25, 0.3) is 109 Å². The summed E-state index contributed by atoms with van der Waals surface area (Å²) in [6.07, 6.45) is 0. The second-order valence-corrected chi connectivity index (χ2v) is 19.0. The summed E-state index contributed by atoms with van der Waals surface area (Å²) in [5.41, 5.74) is 16.2. The molecule has 0 saturated carbocycles. The molecule has 0 aliphatic carbocycles. The van der Waals surface area contributed by atoms with Gasteiger partial charge in [-0.25, -0.2) is 0 Å². The van der Waals surface area contributed by atoms with Gasteiger partial charge in [0.2, 0.25) is 0 Å². The van der Waals surface area contributed by atoms with Crippen molar-refractivity contribution in [2.75, 3.05) is 9.80 Å². The number of rotatable bonds is 6. The normalized spacial score (nSPS) is 12.2. The van der Waals surface area contributed by atoms with Gasteiger partial charge < -0.3 is 27.5 Å². The summed E-state index contributed by atoms with van der Waals surface area (Å²) in [7, 11) is 0. The number of anilines is 6. The average Bonchev–Trinajstić information content (AvgIpc) is 4.17. The first-order valence-electron chi connectivity index (χ1n) is 24.1. The van der Waals surface area contributed by atoms with Gasteiger partial charge in [-0.05, 0) is 150 Å². The molecule has 15 rings (SSSR count). The van der Waals surface area contributed by atoms with Crippen LogP contribution in [0.2, 0.25) is 0 Å². The van der Waals surface area contributed by atoms with Gasteiger partial charge in [-0.1, -0.05) is 109 Å². The lowest BCUT2D eigenvalue weighted by Gasteiger charge is -2.27. The van der Waals surface area contributed by atoms with Crippen molar-refractivity contribution in [3.05, 3.63) is 217 Å². The molecule has 0 atom stereocenters. The lowest BCUT2D eigenvalue weighted by atomic mass is 10.00. The van der Waals surface area contributed by atoms with E-state index < -0.39 is 0 Å². The Labute approximate surface area is 406 Å². The van der Waals surface area contributed by atoms with Crippen LogP contribution in [0.5, 0.6) is 0 Å². The minimum absolute atomic E-state index is 0.750. The molecule has 6 heteroatoms. The van der Waals surface area contributed by atoms with E-state index in [0.29, 0.717) is 0 Å². The van der Waals surface area contributed by atoms with Gasteiger partial charge in [-0.3, -0.25) is 0 Å². The van der Waals surface area contributed by atoms with Crippen LogP contribution in [0.15, 0.2) is 218 Å². The Balaban J connectivity index is 0.874. The molecule has 0 bridgehead atoms. The molecule has 71 heavy (non-hydrogen) atoms. The molecule has 0 N–H and O–H groups in total. The van der Waals surface area contributed by atoms with E-state index in [1.54, 1.807) is 0 Å². The zero-order chi connectivity index (χ0) is 47.1. The summed E-state index contributed by atoms with van der Waals surface area (Å²) >= 11 is 0. The molecule has 0 radical (unpaired) electrons. The molecule has 4 aromatic heterocycles. The molecule has 0 aliphatic heterocycles. The number of aryl methyl sites for hydroxylation is 3. The molecule has 4 heterocycles. The zero-order valence-electron chi connectivity index (χ0n) is 39.1. The van der Waals surface area contributed by atoms with E-state index in [2.05, 4.69) is 206 Å². The molecular weight excluding hydrogens is 873 g/mol. The Kier molecular flexibility index (Phi) is 8.32. The number of hydrogen-bond acceptors (Lipinski definition) is 6. The molecule has 0 fully saturated rings. The standard InChI is InChI=1S/C65H42N2O4/c1-37-14-4-8-20-53(37)66(55-22-12-18-48-46-16-6-10-24-57(46)68-62(48)55)44-28-26-40-33-50-51-30-39(3)61-52-34-41-27-29-45(32-43(41)36-60(52)71-65(61)64(51)70-59(50)35-42(40)31-44)67(54-21-9-5-15-38(54)2)56-23-13-19-49-47-17-7-11-25-58(47)69-63(49)56/h4-36H,1-3H3. The molecule has 0 spiro atoms. The van der Waals surface area contributed by atoms with Crippen LogP contribution < -0.4 is 9.80 Å². The van der Waals surface area contributed by atoms with E-state index in [4.69, 9.17) is 17.7 Å². The van der Waals surface area contributed by atoms with Crippen LogP contribution in [-0.4, -0.2) is 0 Å². The van der Waals surface area contributed by atoms with E-state index in [9.17, 15) is 0 Å². The molecule has 336 valence electrons. The first kappa shape index (κ1) is 39.7. The van der Waals surface area contributed by atoms with E-state index in [-0.39, 0.29) is 0 Å². The smallest absolute Gasteiger partial charge is 0.178 e. The van der Waals surface area contributed by atoms with Gasteiger partial charge in [0.05, 0.1) is 11.4 Å². The van der Waals surface area contributed by atoms with E-state index in [0.717, 1.165) is 160 Å². The Bertz CT molecular complexity index is 4720. The molecule has 11 aromatic carbocycles. The second kappa shape index (κ2) is 14.9. The summed E-state index contributed by atoms with van der Waals surface area (Å²) in [5.74, 6) is 0. The highest BCUT2D eigenvalue weighted by Crippen LogP contribution is 2.48. The maximum Gasteiger partial charge on any atom is 0.178 e. The molecule has 0 saturated heterocycles. The maximum absolute atomic E-state index is 6.94. The first-order chi connectivity index (χ1) is 34.9. The van der Waals surface area contributed by atoms with E-state index >= 15 is 0 Å². The Morgan fingerprint density at radius 1 is 0.268 bits per heavy atom. The fraction of sp³-hybridized carbons (Fsp3) is 0.0462. The number of nitrogens with zero attached hydrogens (tertiary/aromatic N) is 2. The molecule has 0 aliphatic rings. The predicted octanol–water partition coefficient (Wildman–Crippen LogP) is 19.5. The van der Waals surface area contributed by atoms with E-state index in [1.165, 1.54) is 0 Å². The third-order valence-electron chi connectivity index (χ3n) is 14.7. The lowest BCUT2D eigenvalue weighted by Crippen LogP contribution is -2.11. The van der Waals surface area contributed by atoms with Crippen molar-refractivity contribution in [3.8, 4) is 0 Å². The summed E-state index contributed by atoms with van der Waals surface area (Å²) in [4.78, 5) is 4.64. The lowest BCUT2D eigenvalue weighted by molar-refractivity contribution is 0.633. The van der Waals surface area contributed by atoms with Crippen molar-refractivity contribution < 1.29 is 17.7 Å². The fourth-order valence-electron chi connectivity index (χ4n) is 11.4. The monoisotopic (exact) mass is 914 g/mol. The van der Waals surface area contributed by atoms with Crippen LogP contribution in [-0.2, 0) is 0 Å². The third-order valence-corrected chi connectivity index (χ3v) is 14.7. The highest BCUT2D eigenvalue weighted by Gasteiger charge is 2.25. The van der Waals surface area contributed by atoms with Crippen molar-refractivity contribution in [3.63, 3.8) is 0 Å². The van der Waals surface area contributed by atoms with E-state index in [1.807, 2.05) is 24.3 Å². The first-order valence-corrected chi connectivity index (χ1v) is 24.1. The largest absolute Gasteiger partial charge is 0.454 e. The van der Waals surface area contributed by atoms with Crippen LogP contribution in [0, 0.1) is 20.8 Å². The number of furan rings is 4. The molecule has 0 unspecified atom stereocenters. The van der Waals surface area contributed by atoms with Crippen LogP contribution in [0.3, 0.4) is 0 Å². The van der Waals surface area contributed by atoms with Gasteiger partial charge in [-0.2, -0.15) is 0 Å². The Morgan fingerprint density at radius 2 is 0.718 bits per heavy atom. The SMILES string of the molecule is Cc1ccccc1N(c1ccc2cc3c(cc2c1)oc1c3cc(C)c2c3cc4ccc(N(c5ccccc5C)c5cccc6c5oc5ccccc56)cc4cc3oc12)c1cccc2c1oc1ccccc12. The molecule has 0 amide bonds. The minimum Gasteiger partial charge on any atom is -0.454 e. The number of hydrogen-bond donors (Lipinski definition) is 0. The van der Waals surface area contributed by atoms with Crippen molar-refractivity contribution >= 4 is 143 Å². The fourth-order valence-corrected chi connectivity index (χ4v) is 11.4. The molecule has 15 aromatic rings. The summed E-state index contributed by atoms with van der Waals surface area (Å²) in [6.45, 7) is 6.50. The summed E-state index contributed by atoms with van der Waals surface area (Å²) in [6, 6.07) is 70.9. The zero-order valence-corrected chi connectivity index (χ0v) is 39.1. The second-order valence-electron chi connectivity index (χ2n) is 19.0. The average molecular weight is 915 g/mol. The maximum atomic E-state index is 6.94. The highest BCUT2D eigenvalue weighted by molar-refractivity contribution is 6.23. The number of para-hydroxylation sites is 6. The Hall–Kier alpha value is -9.26. The van der Waals surface area contributed by atoms with Gasteiger partial charge in [0.25, 0.3) is 0 Å². The topological polar surface area (TPSA) is 59.0 Å². The van der Waals surface area contributed by atoms with Crippen molar-refractivity contribution in [2.45, 2.75) is 20.8 Å². The Morgan fingerprint density at radius 3 is 1.28 bits per heavy atom. The van der Waals surface area contributed by atoms with Crippen LogP contribution in [0.1, 0.15) is 16.7 Å². The van der Waals surface area contributed by atoms with Gasteiger partial charge in [0.1, 0.15) is 22.3 Å². The third kappa shape index (κ3) is 5.88. The van der Waals surface area contributed by atoms with Crippen LogP contribution in [0.4, 0.5) is 34.1 Å². The highest BCUT2D eigenvalue weighted by atomic mass is 16.4. The summed E-state index contributed by atoms with van der Waals surface area (Å²) in [5, 5.41) is 13.0. The van der Waals surface area contributed by atoms with Crippen molar-refractivity contribution in [1.29, 1.82) is 0 Å². The van der Waals surface area contributed by atoms with Crippen molar-refractivity contribution in [2.24, 2.45) is 0 Å². The van der Waals surface area contributed by atoms with Gasteiger partial charge in [0.15, 0.2) is 22.3 Å². The van der Waals surface area contributed by atoms with Gasteiger partial charge in [-0.15, -0.1) is 0 Å². The van der Waals surface area contributed by atoms with Crippen LogP contribution >= 0.6 is 0 Å². The molecule has 6 nitrogen and oxygen atoms in total. The van der Waals surface area contributed by atoms with Gasteiger partial charge in [0, 0.05) is 65.8 Å². The predicted molar refractivity (Wildman–Crippen MR) is 294 cm³/mol. The van der Waals surface area contributed by atoms with Crippen molar-refractivity contribution in [1.82, 2.24) is 0 Å². The molecular formula is C65H42N2O4. The number of benzene rings is 11. The van der Waals surface area contributed by atoms with Gasteiger partial charge >= 0.3 is 0 Å².